The lowest BCUT2D eigenvalue weighted by Crippen LogP contribution is -1.88. The molecule has 2 aromatic rings. The summed E-state index contributed by atoms with van der Waals surface area (Å²) in [5.74, 6) is -0.142. The minimum absolute atomic E-state index is 0.142. The van der Waals surface area contributed by atoms with Crippen LogP contribution in [0.5, 0.6) is 0 Å². The third-order valence-electron chi connectivity index (χ3n) is 2.18. The molecule has 0 atom stereocenters. The Morgan fingerprint density at radius 2 is 2.00 bits per heavy atom. The van der Waals surface area contributed by atoms with Gasteiger partial charge in [0, 0.05) is 18.6 Å². The zero-order valence-corrected chi connectivity index (χ0v) is 7.13. The second kappa shape index (κ2) is 2.34. The molecule has 1 aromatic heterocycles. The number of hydrogen-bond donors (Lipinski definition) is 0. The second-order valence-corrected chi connectivity index (χ2v) is 3.05. The van der Waals surface area contributed by atoms with Crippen LogP contribution in [-0.2, 0) is 7.05 Å². The normalized spacial score (nSPS) is 10.9. The fraction of sp³-hybridized carbons (Fsp3) is 0.200. The minimum Gasteiger partial charge on any atom is -0.350 e. The van der Waals surface area contributed by atoms with E-state index in [4.69, 9.17) is 0 Å². The van der Waals surface area contributed by atoms with Crippen molar-refractivity contribution in [3.63, 3.8) is 0 Å². The average Bonchev–Trinajstić information content (AvgIpc) is 2.42. The van der Waals surface area contributed by atoms with Crippen molar-refractivity contribution in [1.29, 1.82) is 0 Å². The minimum atomic E-state index is -0.142. The van der Waals surface area contributed by atoms with Crippen LogP contribution in [0.3, 0.4) is 0 Å². The lowest BCUT2D eigenvalue weighted by atomic mass is 10.1. The molecule has 0 amide bonds. The molecule has 0 N–H and O–H groups in total. The maximum atomic E-state index is 13.2. The highest BCUT2D eigenvalue weighted by molar-refractivity contribution is 5.83. The number of hydrogen-bond acceptors (Lipinski definition) is 0. The second-order valence-electron chi connectivity index (χ2n) is 3.05. The third-order valence-corrected chi connectivity index (χ3v) is 2.18. The predicted molar refractivity (Wildman–Crippen MR) is 47.6 cm³/mol. The van der Waals surface area contributed by atoms with Crippen LogP contribution in [0.1, 0.15) is 5.56 Å². The topological polar surface area (TPSA) is 4.93 Å². The van der Waals surface area contributed by atoms with Gasteiger partial charge in [0.1, 0.15) is 5.82 Å². The molecule has 12 heavy (non-hydrogen) atoms. The van der Waals surface area contributed by atoms with Crippen molar-refractivity contribution in [2.45, 2.75) is 6.92 Å². The fourth-order valence-electron chi connectivity index (χ4n) is 1.58. The van der Waals surface area contributed by atoms with E-state index in [1.807, 2.05) is 24.7 Å². The maximum absolute atomic E-state index is 13.2. The van der Waals surface area contributed by atoms with Gasteiger partial charge in [0.25, 0.3) is 0 Å². The molecule has 0 saturated heterocycles. The van der Waals surface area contributed by atoms with Crippen LogP contribution in [0.15, 0.2) is 24.4 Å². The SMILES string of the molecule is Cc1ccc(F)c2ccn(C)c12. The standard InChI is InChI=1S/C10H10FN/c1-7-3-4-9(11)8-5-6-12(2)10(7)8/h3-6H,1-2H3. The van der Waals surface area contributed by atoms with Crippen LogP contribution in [0.2, 0.25) is 0 Å². The lowest BCUT2D eigenvalue weighted by molar-refractivity contribution is 0.639. The zero-order valence-electron chi connectivity index (χ0n) is 7.13. The Labute approximate surface area is 70.4 Å². The van der Waals surface area contributed by atoms with Crippen molar-refractivity contribution >= 4 is 10.9 Å². The molecule has 62 valence electrons. The maximum Gasteiger partial charge on any atom is 0.132 e. The molecule has 0 bridgehead atoms. The van der Waals surface area contributed by atoms with Crippen molar-refractivity contribution in [3.05, 3.63) is 35.8 Å². The highest BCUT2D eigenvalue weighted by Crippen LogP contribution is 2.21. The molecule has 1 nitrogen and oxygen atoms in total. The van der Waals surface area contributed by atoms with Crippen LogP contribution in [0.4, 0.5) is 4.39 Å². The van der Waals surface area contributed by atoms with E-state index >= 15 is 0 Å². The van der Waals surface area contributed by atoms with Crippen molar-refractivity contribution in [2.75, 3.05) is 0 Å². The summed E-state index contributed by atoms with van der Waals surface area (Å²) in [5.41, 5.74) is 2.09. The summed E-state index contributed by atoms with van der Waals surface area (Å²) in [5, 5.41) is 0.706. The molecule has 0 aliphatic rings. The smallest absolute Gasteiger partial charge is 0.132 e. The molecule has 2 heteroatoms. The van der Waals surface area contributed by atoms with Crippen molar-refractivity contribution in [2.24, 2.45) is 7.05 Å². The van der Waals surface area contributed by atoms with Gasteiger partial charge in [-0.25, -0.2) is 4.39 Å². The summed E-state index contributed by atoms with van der Waals surface area (Å²) in [6.07, 6.45) is 1.88. The van der Waals surface area contributed by atoms with E-state index in [1.165, 1.54) is 6.07 Å². The number of aromatic nitrogens is 1. The van der Waals surface area contributed by atoms with Gasteiger partial charge >= 0.3 is 0 Å². The Morgan fingerprint density at radius 3 is 2.67 bits per heavy atom. The summed E-state index contributed by atoms with van der Waals surface area (Å²) >= 11 is 0. The van der Waals surface area contributed by atoms with E-state index in [1.54, 1.807) is 12.1 Å². The summed E-state index contributed by atoms with van der Waals surface area (Å²) in [6.45, 7) is 1.99. The van der Waals surface area contributed by atoms with Gasteiger partial charge in [-0.1, -0.05) is 6.07 Å². The molecule has 0 saturated carbocycles. The Bertz CT molecular complexity index is 429. The largest absolute Gasteiger partial charge is 0.350 e. The summed E-state index contributed by atoms with van der Waals surface area (Å²) < 4.78 is 15.1. The van der Waals surface area contributed by atoms with Crippen LogP contribution in [0.25, 0.3) is 10.9 Å². The first-order chi connectivity index (χ1) is 5.70. The number of nitrogens with zero attached hydrogens (tertiary/aromatic N) is 1. The van der Waals surface area contributed by atoms with Gasteiger partial charge in [0.05, 0.1) is 5.52 Å². The molecule has 1 aromatic carbocycles. The summed E-state index contributed by atoms with van der Waals surface area (Å²) in [6, 6.07) is 5.12. The third kappa shape index (κ3) is 0.843. The summed E-state index contributed by atoms with van der Waals surface area (Å²) in [7, 11) is 1.93. The number of aryl methyl sites for hydroxylation is 2. The highest BCUT2D eigenvalue weighted by Gasteiger charge is 2.05. The number of halogens is 1. The monoisotopic (exact) mass is 163 g/mol. The van der Waals surface area contributed by atoms with E-state index in [2.05, 4.69) is 0 Å². The van der Waals surface area contributed by atoms with Gasteiger partial charge in [-0.3, -0.25) is 0 Å². The van der Waals surface area contributed by atoms with E-state index in [-0.39, 0.29) is 5.82 Å². The molecular weight excluding hydrogens is 153 g/mol. The van der Waals surface area contributed by atoms with E-state index < -0.39 is 0 Å². The highest BCUT2D eigenvalue weighted by atomic mass is 19.1. The molecule has 2 rings (SSSR count). The first kappa shape index (κ1) is 7.35. The van der Waals surface area contributed by atoms with E-state index in [0.29, 0.717) is 5.39 Å². The molecule has 0 aliphatic heterocycles. The molecule has 0 fully saturated rings. The van der Waals surface area contributed by atoms with Gasteiger partial charge in [0.2, 0.25) is 0 Å². The zero-order chi connectivity index (χ0) is 8.72. The molecule has 0 radical (unpaired) electrons. The van der Waals surface area contributed by atoms with E-state index in [9.17, 15) is 4.39 Å². The predicted octanol–water partition coefficient (Wildman–Crippen LogP) is 2.63. The lowest BCUT2D eigenvalue weighted by Gasteiger charge is -2.00. The van der Waals surface area contributed by atoms with Gasteiger partial charge < -0.3 is 4.57 Å². The molecule has 1 heterocycles. The first-order valence-corrected chi connectivity index (χ1v) is 3.90. The Kier molecular flexibility index (Phi) is 1.43. The van der Waals surface area contributed by atoms with Crippen LogP contribution >= 0.6 is 0 Å². The Morgan fingerprint density at radius 1 is 1.25 bits per heavy atom. The molecule has 0 unspecified atom stereocenters. The van der Waals surface area contributed by atoms with E-state index in [0.717, 1.165) is 11.1 Å². The summed E-state index contributed by atoms with van der Waals surface area (Å²) in [4.78, 5) is 0. The van der Waals surface area contributed by atoms with Crippen molar-refractivity contribution < 1.29 is 4.39 Å². The van der Waals surface area contributed by atoms with Crippen molar-refractivity contribution in [1.82, 2.24) is 4.57 Å². The molecular formula is C10H10FN. The number of rotatable bonds is 0. The van der Waals surface area contributed by atoms with Gasteiger partial charge in [-0.2, -0.15) is 0 Å². The number of fused-ring (bicyclic) bond motifs is 1. The molecule has 0 aliphatic carbocycles. The molecule has 0 spiro atoms. The first-order valence-electron chi connectivity index (χ1n) is 3.90. The number of benzene rings is 1. The van der Waals surface area contributed by atoms with Crippen LogP contribution in [0, 0.1) is 12.7 Å². The Balaban J connectivity index is 2.98. The van der Waals surface area contributed by atoms with Gasteiger partial charge in [-0.15, -0.1) is 0 Å². The van der Waals surface area contributed by atoms with Crippen LogP contribution in [-0.4, -0.2) is 4.57 Å². The fourth-order valence-corrected chi connectivity index (χ4v) is 1.58. The Hall–Kier alpha value is -1.31. The van der Waals surface area contributed by atoms with Gasteiger partial charge in [0.15, 0.2) is 0 Å². The van der Waals surface area contributed by atoms with Crippen molar-refractivity contribution in [3.8, 4) is 0 Å². The quantitative estimate of drug-likeness (QED) is 0.562. The van der Waals surface area contributed by atoms with Crippen LogP contribution < -0.4 is 0 Å². The van der Waals surface area contributed by atoms with Gasteiger partial charge in [-0.05, 0) is 24.6 Å². The average molecular weight is 163 g/mol.